The summed E-state index contributed by atoms with van der Waals surface area (Å²) in [5.74, 6) is 0. The van der Waals surface area contributed by atoms with Gasteiger partial charge in [-0.15, -0.1) is 0 Å². The second-order valence-electron chi connectivity index (χ2n) is 5.46. The highest BCUT2D eigenvalue weighted by atomic mass is 19.4. The van der Waals surface area contributed by atoms with Crippen LogP contribution in [0.5, 0.6) is 0 Å². The molecule has 0 bridgehead atoms. The monoisotopic (exact) mass is 347 g/mol. The molecule has 0 unspecified atom stereocenters. The zero-order valence-corrected chi connectivity index (χ0v) is 13.0. The highest BCUT2D eigenvalue weighted by Crippen LogP contribution is 2.36. The molecule has 0 amide bonds. The SMILES string of the molecule is Cc1ccc(-n2ncc([N+](=O)[O-])c2-c2cccc(C(F)(F)F)c2)cc1. The topological polar surface area (TPSA) is 61.0 Å². The summed E-state index contributed by atoms with van der Waals surface area (Å²) in [6, 6.07) is 11.4. The van der Waals surface area contributed by atoms with Crippen molar-refractivity contribution in [2.75, 3.05) is 0 Å². The van der Waals surface area contributed by atoms with Crippen LogP contribution in [-0.2, 0) is 6.18 Å². The molecule has 25 heavy (non-hydrogen) atoms. The summed E-state index contributed by atoms with van der Waals surface area (Å²) in [7, 11) is 0. The highest BCUT2D eigenvalue weighted by Gasteiger charge is 2.32. The average Bonchev–Trinajstić information content (AvgIpc) is 3.00. The van der Waals surface area contributed by atoms with Crippen LogP contribution in [-0.4, -0.2) is 14.7 Å². The molecule has 3 aromatic rings. The first-order valence-electron chi connectivity index (χ1n) is 7.24. The van der Waals surface area contributed by atoms with E-state index in [1.54, 1.807) is 24.3 Å². The van der Waals surface area contributed by atoms with Crippen LogP contribution in [0.4, 0.5) is 18.9 Å². The smallest absolute Gasteiger partial charge is 0.258 e. The zero-order chi connectivity index (χ0) is 18.2. The third-order valence-electron chi connectivity index (χ3n) is 3.69. The number of aromatic nitrogens is 2. The van der Waals surface area contributed by atoms with E-state index in [9.17, 15) is 23.3 Å². The van der Waals surface area contributed by atoms with Crippen molar-refractivity contribution in [1.29, 1.82) is 0 Å². The van der Waals surface area contributed by atoms with Gasteiger partial charge in [-0.1, -0.05) is 29.8 Å². The van der Waals surface area contributed by atoms with Crippen molar-refractivity contribution in [3.05, 3.63) is 76.0 Å². The van der Waals surface area contributed by atoms with Crippen molar-refractivity contribution in [3.8, 4) is 16.9 Å². The number of alkyl halides is 3. The largest absolute Gasteiger partial charge is 0.416 e. The van der Waals surface area contributed by atoms with Crippen molar-refractivity contribution >= 4 is 5.69 Å². The normalized spacial score (nSPS) is 11.5. The Morgan fingerprint density at radius 2 is 1.80 bits per heavy atom. The third-order valence-corrected chi connectivity index (χ3v) is 3.69. The van der Waals surface area contributed by atoms with Crippen molar-refractivity contribution in [2.45, 2.75) is 13.1 Å². The Morgan fingerprint density at radius 1 is 1.12 bits per heavy atom. The van der Waals surface area contributed by atoms with Crippen molar-refractivity contribution in [1.82, 2.24) is 9.78 Å². The number of hydrogen-bond acceptors (Lipinski definition) is 3. The minimum Gasteiger partial charge on any atom is -0.258 e. The van der Waals surface area contributed by atoms with Gasteiger partial charge >= 0.3 is 11.9 Å². The molecule has 0 saturated heterocycles. The fourth-order valence-electron chi connectivity index (χ4n) is 2.47. The first-order valence-corrected chi connectivity index (χ1v) is 7.24. The van der Waals surface area contributed by atoms with Gasteiger partial charge in [0.1, 0.15) is 6.20 Å². The van der Waals surface area contributed by atoms with Crippen molar-refractivity contribution in [3.63, 3.8) is 0 Å². The molecule has 0 saturated carbocycles. The summed E-state index contributed by atoms with van der Waals surface area (Å²) in [6.07, 6.45) is -3.51. The summed E-state index contributed by atoms with van der Waals surface area (Å²) in [5, 5.41) is 15.3. The van der Waals surface area contributed by atoms with E-state index in [-0.39, 0.29) is 16.9 Å². The van der Waals surface area contributed by atoms with Crippen molar-refractivity contribution < 1.29 is 18.1 Å². The minimum absolute atomic E-state index is 0.0000435. The Bertz CT molecular complexity index is 931. The summed E-state index contributed by atoms with van der Waals surface area (Å²) in [6.45, 7) is 1.88. The van der Waals surface area contributed by atoms with E-state index >= 15 is 0 Å². The van der Waals surface area contributed by atoms with Gasteiger partial charge in [0.2, 0.25) is 0 Å². The molecule has 1 heterocycles. The lowest BCUT2D eigenvalue weighted by Gasteiger charge is -2.11. The van der Waals surface area contributed by atoms with E-state index in [1.807, 2.05) is 6.92 Å². The lowest BCUT2D eigenvalue weighted by atomic mass is 10.1. The van der Waals surface area contributed by atoms with Crippen LogP contribution in [0.3, 0.4) is 0 Å². The Balaban J connectivity index is 2.22. The van der Waals surface area contributed by atoms with Gasteiger partial charge in [0.25, 0.3) is 0 Å². The number of hydrogen-bond donors (Lipinski definition) is 0. The lowest BCUT2D eigenvalue weighted by molar-refractivity contribution is -0.384. The number of rotatable bonds is 3. The molecule has 0 spiro atoms. The van der Waals surface area contributed by atoms with E-state index in [2.05, 4.69) is 5.10 Å². The van der Waals surface area contributed by atoms with E-state index in [1.165, 1.54) is 16.8 Å². The number of benzene rings is 2. The number of nitro groups is 1. The van der Waals surface area contributed by atoms with Crippen LogP contribution < -0.4 is 0 Å². The molecular formula is C17H12F3N3O2. The molecule has 5 nitrogen and oxygen atoms in total. The molecule has 3 rings (SSSR count). The molecule has 2 aromatic carbocycles. The molecule has 0 fully saturated rings. The molecule has 128 valence electrons. The summed E-state index contributed by atoms with van der Waals surface area (Å²) in [5.41, 5.74) is 0.326. The van der Waals surface area contributed by atoms with Gasteiger partial charge in [-0.25, -0.2) is 4.68 Å². The highest BCUT2D eigenvalue weighted by molar-refractivity contribution is 5.72. The first kappa shape index (κ1) is 16.7. The van der Waals surface area contributed by atoms with E-state index < -0.39 is 16.7 Å². The van der Waals surface area contributed by atoms with Crippen LogP contribution in [0.1, 0.15) is 11.1 Å². The predicted molar refractivity (Wildman–Crippen MR) is 85.4 cm³/mol. The van der Waals surface area contributed by atoms with Crippen LogP contribution >= 0.6 is 0 Å². The van der Waals surface area contributed by atoms with Gasteiger partial charge in [0.15, 0.2) is 5.69 Å². The number of nitrogens with zero attached hydrogens (tertiary/aromatic N) is 3. The van der Waals surface area contributed by atoms with E-state index in [0.717, 1.165) is 23.9 Å². The molecule has 0 aliphatic rings. The second kappa shape index (κ2) is 6.04. The Labute approximate surface area is 140 Å². The van der Waals surface area contributed by atoms with Gasteiger partial charge in [-0.05, 0) is 31.2 Å². The fourth-order valence-corrected chi connectivity index (χ4v) is 2.47. The van der Waals surface area contributed by atoms with Crippen LogP contribution in [0, 0.1) is 17.0 Å². The second-order valence-corrected chi connectivity index (χ2v) is 5.46. The molecule has 8 heteroatoms. The molecule has 0 N–H and O–H groups in total. The summed E-state index contributed by atoms with van der Waals surface area (Å²) < 4.78 is 40.2. The standard InChI is InChI=1S/C17H12F3N3O2/c1-11-5-7-14(8-6-11)22-16(15(10-21-22)23(24)25)12-3-2-4-13(9-12)17(18,19)20/h2-10H,1H3. The van der Waals surface area contributed by atoms with Gasteiger partial charge in [-0.3, -0.25) is 10.1 Å². The summed E-state index contributed by atoms with van der Waals surface area (Å²) >= 11 is 0. The maximum absolute atomic E-state index is 13.0. The molecular weight excluding hydrogens is 335 g/mol. The summed E-state index contributed by atoms with van der Waals surface area (Å²) in [4.78, 5) is 10.6. The maximum Gasteiger partial charge on any atom is 0.416 e. The first-order chi connectivity index (χ1) is 11.8. The van der Waals surface area contributed by atoms with Crippen LogP contribution in [0.15, 0.2) is 54.7 Å². The molecule has 0 aliphatic heterocycles. The van der Waals surface area contributed by atoms with Crippen molar-refractivity contribution in [2.24, 2.45) is 0 Å². The van der Waals surface area contributed by atoms with Gasteiger partial charge < -0.3 is 0 Å². The molecule has 0 aliphatic carbocycles. The average molecular weight is 347 g/mol. The number of aryl methyl sites for hydroxylation is 1. The van der Waals surface area contributed by atoms with E-state index in [0.29, 0.717) is 5.69 Å². The minimum atomic E-state index is -4.54. The Kier molecular flexibility index (Phi) is 4.03. The molecule has 1 aromatic heterocycles. The zero-order valence-electron chi connectivity index (χ0n) is 13.0. The van der Waals surface area contributed by atoms with Gasteiger partial charge in [-0.2, -0.15) is 18.3 Å². The maximum atomic E-state index is 13.0. The fraction of sp³-hybridized carbons (Fsp3) is 0.118. The molecule has 0 atom stereocenters. The number of halogens is 3. The Morgan fingerprint density at radius 3 is 2.40 bits per heavy atom. The van der Waals surface area contributed by atoms with E-state index in [4.69, 9.17) is 0 Å². The lowest BCUT2D eigenvalue weighted by Crippen LogP contribution is -2.06. The van der Waals surface area contributed by atoms with Crippen LogP contribution in [0.2, 0.25) is 0 Å². The third kappa shape index (κ3) is 3.23. The van der Waals surface area contributed by atoms with Gasteiger partial charge in [0.05, 0.1) is 16.2 Å². The Hall–Kier alpha value is -3.16. The predicted octanol–water partition coefficient (Wildman–Crippen LogP) is 4.77. The van der Waals surface area contributed by atoms with Crippen LogP contribution in [0.25, 0.3) is 16.9 Å². The van der Waals surface area contributed by atoms with Gasteiger partial charge in [0, 0.05) is 5.56 Å². The molecule has 0 radical (unpaired) electrons. The quantitative estimate of drug-likeness (QED) is 0.506.